The molecule has 0 N–H and O–H groups in total. The number of benzene rings is 1. The average molecular weight is 539 g/mol. The van der Waals surface area contributed by atoms with Crippen LogP contribution in [0.5, 0.6) is 0 Å². The number of piperidine rings is 1. The van der Waals surface area contributed by atoms with Crippen LogP contribution in [0.2, 0.25) is 0 Å². The lowest BCUT2D eigenvalue weighted by molar-refractivity contribution is -0.181. The molecule has 1 amide bonds. The molecule has 2 fully saturated rings. The number of halogens is 1. The number of ether oxygens (including phenoxy) is 2. The monoisotopic (exact) mass is 538 g/mol. The fourth-order valence-electron chi connectivity index (χ4n) is 4.50. The third kappa shape index (κ3) is 4.89. The molecule has 0 atom stereocenters. The molecule has 1 spiro atoms. The zero-order valence-corrected chi connectivity index (χ0v) is 21.4. The fraction of sp³-hybridized carbons (Fsp3) is 0.320. The van der Waals surface area contributed by atoms with E-state index in [0.29, 0.717) is 67.3 Å². The number of carbonyl (C=O) groups excluding carboxylic acids is 1. The minimum Gasteiger partial charge on any atom is -0.347 e. The minimum atomic E-state index is -0.524. The zero-order chi connectivity index (χ0) is 25.2. The first-order chi connectivity index (χ1) is 18.1. The maximum atomic E-state index is 14.8. The highest BCUT2D eigenvalue weighted by molar-refractivity contribution is 7.98. The lowest BCUT2D eigenvalue weighted by Gasteiger charge is -2.37. The minimum absolute atomic E-state index is 0.0891. The highest BCUT2D eigenvalue weighted by Gasteiger charge is 2.41. The van der Waals surface area contributed by atoms with Crippen LogP contribution >= 0.6 is 23.1 Å². The van der Waals surface area contributed by atoms with E-state index in [-0.39, 0.29) is 11.7 Å². The smallest absolute Gasteiger partial charge is 0.273 e. The maximum Gasteiger partial charge on any atom is 0.273 e. The van der Waals surface area contributed by atoms with Crippen LogP contribution in [0, 0.1) is 5.82 Å². The van der Waals surface area contributed by atoms with Crippen LogP contribution in [-0.4, -0.2) is 67.6 Å². The number of nitrogens with zero attached hydrogens (tertiary/aromatic N) is 6. The van der Waals surface area contributed by atoms with Crippen molar-refractivity contribution in [3.05, 3.63) is 70.7 Å². The molecule has 5 heterocycles. The first kappa shape index (κ1) is 24.2. The quantitative estimate of drug-likeness (QED) is 0.337. The first-order valence-electron chi connectivity index (χ1n) is 11.9. The Bertz CT molecular complexity index is 1400. The number of rotatable bonds is 6. The van der Waals surface area contributed by atoms with Gasteiger partial charge in [0.15, 0.2) is 16.8 Å². The molecule has 3 aromatic heterocycles. The van der Waals surface area contributed by atoms with Crippen molar-refractivity contribution >= 4 is 29.0 Å². The maximum absolute atomic E-state index is 14.8. The van der Waals surface area contributed by atoms with Crippen molar-refractivity contribution in [1.82, 2.24) is 29.6 Å². The van der Waals surface area contributed by atoms with Crippen LogP contribution in [0.1, 0.15) is 28.3 Å². The van der Waals surface area contributed by atoms with Gasteiger partial charge in [0.25, 0.3) is 5.91 Å². The van der Waals surface area contributed by atoms with Crippen LogP contribution in [0.3, 0.4) is 0 Å². The Hall–Kier alpha value is -3.19. The summed E-state index contributed by atoms with van der Waals surface area (Å²) in [6.45, 7) is 2.36. The number of thiazole rings is 1. The van der Waals surface area contributed by atoms with Crippen LogP contribution in [0.4, 0.5) is 4.39 Å². The number of aromatic nitrogens is 5. The Labute approximate surface area is 220 Å². The molecule has 9 nitrogen and oxygen atoms in total. The van der Waals surface area contributed by atoms with Gasteiger partial charge in [-0.15, -0.1) is 21.5 Å². The van der Waals surface area contributed by atoms with Crippen molar-refractivity contribution in [2.75, 3.05) is 26.3 Å². The van der Waals surface area contributed by atoms with Crippen molar-refractivity contribution in [1.29, 1.82) is 0 Å². The Morgan fingerprint density at radius 1 is 1.11 bits per heavy atom. The molecule has 6 rings (SSSR count). The summed E-state index contributed by atoms with van der Waals surface area (Å²) in [6, 6.07) is 10.2. The predicted molar refractivity (Wildman–Crippen MR) is 136 cm³/mol. The molecular formula is C25H23FN6O3S2. The second-order valence-electron chi connectivity index (χ2n) is 8.65. The molecule has 1 aromatic carbocycles. The molecule has 0 aliphatic carbocycles. The van der Waals surface area contributed by atoms with E-state index in [0.717, 1.165) is 10.6 Å². The summed E-state index contributed by atoms with van der Waals surface area (Å²) in [6.07, 6.45) is 4.66. The summed E-state index contributed by atoms with van der Waals surface area (Å²) in [5, 5.41) is 11.7. The standard InChI is InChI=1S/C25H23FN6O3S2/c26-18-5-1-2-6-20(18)32-22(17-4-3-9-27-14-17)29-30-24(32)37-16-21-28-19(15-36-21)23(33)31-10-7-25(8-11-31)34-12-13-35-25/h1-6,9,14-15H,7-8,10-13,16H2. The van der Waals surface area contributed by atoms with Gasteiger partial charge in [0.05, 0.1) is 24.7 Å². The van der Waals surface area contributed by atoms with Gasteiger partial charge in [-0.1, -0.05) is 23.9 Å². The van der Waals surface area contributed by atoms with E-state index in [1.165, 1.54) is 29.2 Å². The van der Waals surface area contributed by atoms with E-state index in [1.54, 1.807) is 51.5 Å². The molecule has 2 saturated heterocycles. The lowest BCUT2D eigenvalue weighted by atomic mass is 10.0. The average Bonchev–Trinajstić information content (AvgIpc) is 3.69. The van der Waals surface area contributed by atoms with Gasteiger partial charge < -0.3 is 14.4 Å². The third-order valence-electron chi connectivity index (χ3n) is 6.37. The molecule has 2 aliphatic heterocycles. The van der Waals surface area contributed by atoms with Gasteiger partial charge in [0, 0.05) is 49.3 Å². The van der Waals surface area contributed by atoms with Gasteiger partial charge in [-0.25, -0.2) is 9.37 Å². The molecule has 0 radical (unpaired) electrons. The predicted octanol–water partition coefficient (Wildman–Crippen LogP) is 4.20. The molecule has 0 unspecified atom stereocenters. The number of hydrogen-bond donors (Lipinski definition) is 0. The van der Waals surface area contributed by atoms with E-state index in [9.17, 15) is 9.18 Å². The normalized spacial score (nSPS) is 16.9. The van der Waals surface area contributed by atoms with E-state index in [1.807, 2.05) is 6.07 Å². The summed E-state index contributed by atoms with van der Waals surface area (Å²) in [4.78, 5) is 23.6. The Morgan fingerprint density at radius 3 is 2.68 bits per heavy atom. The van der Waals surface area contributed by atoms with Gasteiger partial charge >= 0.3 is 0 Å². The molecule has 37 heavy (non-hydrogen) atoms. The summed E-state index contributed by atoms with van der Waals surface area (Å²) in [7, 11) is 0. The van der Waals surface area contributed by atoms with Crippen molar-refractivity contribution < 1.29 is 18.7 Å². The Morgan fingerprint density at radius 2 is 1.92 bits per heavy atom. The number of para-hydroxylation sites is 1. The second-order valence-corrected chi connectivity index (χ2v) is 10.5. The summed E-state index contributed by atoms with van der Waals surface area (Å²) in [5.41, 5.74) is 1.50. The second kappa shape index (κ2) is 10.3. The Balaban J connectivity index is 1.18. The van der Waals surface area contributed by atoms with E-state index in [4.69, 9.17) is 9.47 Å². The molecule has 190 valence electrons. The van der Waals surface area contributed by atoms with Crippen molar-refractivity contribution in [2.24, 2.45) is 0 Å². The fourth-order valence-corrected chi connectivity index (χ4v) is 6.23. The first-order valence-corrected chi connectivity index (χ1v) is 13.7. The Kier molecular flexibility index (Phi) is 6.72. The number of pyridine rings is 1. The summed E-state index contributed by atoms with van der Waals surface area (Å²) >= 11 is 2.80. The third-order valence-corrected chi connectivity index (χ3v) is 8.34. The molecule has 0 bridgehead atoms. The lowest BCUT2D eigenvalue weighted by Crippen LogP contribution is -2.47. The molecular weight excluding hydrogens is 515 g/mol. The SMILES string of the molecule is O=C(c1csc(CSc2nnc(-c3cccnc3)n2-c2ccccc2F)n1)N1CCC2(CC1)OCCO2. The van der Waals surface area contributed by atoms with Crippen LogP contribution in [0.15, 0.2) is 59.3 Å². The van der Waals surface area contributed by atoms with Crippen LogP contribution in [0.25, 0.3) is 17.1 Å². The number of amides is 1. The number of carbonyl (C=O) groups is 1. The van der Waals surface area contributed by atoms with Gasteiger partial charge in [0.2, 0.25) is 0 Å². The molecule has 12 heteroatoms. The molecule has 0 saturated carbocycles. The highest BCUT2D eigenvalue weighted by atomic mass is 32.2. The van der Waals surface area contributed by atoms with Crippen molar-refractivity contribution in [3.8, 4) is 17.1 Å². The van der Waals surface area contributed by atoms with Crippen LogP contribution < -0.4 is 0 Å². The van der Waals surface area contributed by atoms with Gasteiger partial charge in [-0.2, -0.15) is 0 Å². The van der Waals surface area contributed by atoms with E-state index < -0.39 is 5.79 Å². The van der Waals surface area contributed by atoms with Crippen LogP contribution in [-0.2, 0) is 15.2 Å². The topological polar surface area (TPSA) is 95.3 Å². The number of thioether (sulfide) groups is 1. The molecule has 4 aromatic rings. The zero-order valence-electron chi connectivity index (χ0n) is 19.7. The largest absolute Gasteiger partial charge is 0.347 e. The van der Waals surface area contributed by atoms with Gasteiger partial charge in [-0.3, -0.25) is 14.3 Å². The van der Waals surface area contributed by atoms with Gasteiger partial charge in [0.1, 0.15) is 16.5 Å². The van der Waals surface area contributed by atoms with E-state index >= 15 is 0 Å². The van der Waals surface area contributed by atoms with Gasteiger partial charge in [-0.05, 0) is 24.3 Å². The summed E-state index contributed by atoms with van der Waals surface area (Å²) < 4.78 is 28.0. The van der Waals surface area contributed by atoms with Crippen molar-refractivity contribution in [2.45, 2.75) is 29.5 Å². The van der Waals surface area contributed by atoms with Crippen molar-refractivity contribution in [3.63, 3.8) is 0 Å². The summed E-state index contributed by atoms with van der Waals surface area (Å²) in [5.74, 6) is -0.0399. The van der Waals surface area contributed by atoms with E-state index in [2.05, 4.69) is 20.2 Å². The highest BCUT2D eigenvalue weighted by Crippen LogP contribution is 2.33. The molecule has 2 aliphatic rings. The number of hydrogen-bond acceptors (Lipinski definition) is 9. The number of likely N-dealkylation sites (tertiary alicyclic amines) is 1.